The molecule has 2 aromatic carbocycles. The number of piperazine rings is 1. The molecule has 0 aromatic heterocycles. The van der Waals surface area contributed by atoms with Crippen LogP contribution < -0.4 is 8.61 Å². The second-order valence-corrected chi connectivity index (χ2v) is 9.88. The van der Waals surface area contributed by atoms with E-state index in [9.17, 15) is 13.2 Å². The van der Waals surface area contributed by atoms with Gasteiger partial charge in [0.15, 0.2) is 0 Å². The summed E-state index contributed by atoms with van der Waals surface area (Å²) in [4.78, 5) is 13.8. The van der Waals surface area contributed by atoms with Crippen LogP contribution in [0.15, 0.2) is 54.6 Å². The largest absolute Gasteiger partial charge is 0.465 e. The Morgan fingerprint density at radius 3 is 2.17 bits per heavy atom. The molecule has 0 radical (unpaired) electrons. The molecule has 0 amide bonds. The van der Waals surface area contributed by atoms with E-state index in [1.54, 1.807) is 24.3 Å². The van der Waals surface area contributed by atoms with E-state index in [0.29, 0.717) is 18.7 Å². The number of esters is 1. The molecule has 1 N–H and O–H groups in total. The number of carbonyl (C=O) groups is 1. The van der Waals surface area contributed by atoms with Gasteiger partial charge in [0.2, 0.25) is 0 Å². The molecular weight excluding hydrogens is 402 g/mol. The van der Waals surface area contributed by atoms with Crippen molar-refractivity contribution < 1.29 is 17.9 Å². The highest BCUT2D eigenvalue weighted by molar-refractivity contribution is 7.89. The molecule has 30 heavy (non-hydrogen) atoms. The summed E-state index contributed by atoms with van der Waals surface area (Å²) in [7, 11) is -0.380. The summed E-state index contributed by atoms with van der Waals surface area (Å²) >= 11 is 0. The number of rotatable bonds is 6. The van der Waals surface area contributed by atoms with E-state index in [1.807, 2.05) is 37.4 Å². The maximum absolute atomic E-state index is 13.7. The lowest BCUT2D eigenvalue weighted by atomic mass is 10.1. The number of quaternary nitrogens is 1. The summed E-state index contributed by atoms with van der Waals surface area (Å²) in [5.41, 5.74) is 1.96. The third-order valence-electron chi connectivity index (χ3n) is 6.03. The number of nitrogens with one attached hydrogen (secondary N) is 1. The zero-order chi connectivity index (χ0) is 21.9. The number of para-hydroxylation sites is 1. The van der Waals surface area contributed by atoms with E-state index >= 15 is 0 Å². The van der Waals surface area contributed by atoms with Crippen LogP contribution >= 0.6 is 0 Å². The summed E-state index contributed by atoms with van der Waals surface area (Å²) < 4.78 is 34.7. The molecule has 8 heteroatoms. The average molecular weight is 433 g/mol. The number of hydrogen-bond donors (Lipinski definition) is 1. The first-order valence-corrected chi connectivity index (χ1v) is 11.5. The van der Waals surface area contributed by atoms with E-state index < -0.39 is 16.2 Å². The second-order valence-electron chi connectivity index (χ2n) is 7.94. The number of benzene rings is 2. The lowest BCUT2D eigenvalue weighted by Gasteiger charge is -2.47. The molecule has 2 aromatic rings. The van der Waals surface area contributed by atoms with Crippen LogP contribution in [0.25, 0.3) is 0 Å². The van der Waals surface area contributed by atoms with Gasteiger partial charge in [0.25, 0.3) is 0 Å². The fourth-order valence-corrected chi connectivity index (χ4v) is 5.86. The highest BCUT2D eigenvalue weighted by Gasteiger charge is 2.50. The average Bonchev–Trinajstić information content (AvgIpc) is 2.76. The third kappa shape index (κ3) is 4.27. The van der Waals surface area contributed by atoms with Crippen LogP contribution in [-0.2, 0) is 21.5 Å². The van der Waals surface area contributed by atoms with Gasteiger partial charge in [-0.15, -0.1) is 0 Å². The Balaban J connectivity index is 1.89. The standard InChI is InChI=1S/C22H30N3O4S/c1-17-15-25(16-18(2)24(17)3,21-8-6-5-7-9-21)30(27,28)23-14-19-10-12-20(13-11-19)22(26)29-4/h5-13,17-18,23H,14-16H2,1-4H3/q+1/t17-,18+,25?. The lowest BCUT2D eigenvalue weighted by molar-refractivity contribution is 0.0600. The van der Waals surface area contributed by atoms with Crippen molar-refractivity contribution in [1.29, 1.82) is 0 Å². The van der Waals surface area contributed by atoms with Crippen molar-refractivity contribution in [1.82, 2.24) is 13.5 Å². The van der Waals surface area contributed by atoms with Crippen LogP contribution in [0.2, 0.25) is 0 Å². The Hall–Kier alpha value is -2.26. The third-order valence-corrected chi connectivity index (χ3v) is 7.97. The molecule has 0 spiro atoms. The molecule has 0 saturated carbocycles. The van der Waals surface area contributed by atoms with Crippen molar-refractivity contribution >= 4 is 21.9 Å². The monoisotopic (exact) mass is 432 g/mol. The van der Waals surface area contributed by atoms with Gasteiger partial charge >= 0.3 is 16.2 Å². The van der Waals surface area contributed by atoms with E-state index in [1.165, 1.54) is 7.11 Å². The number of methoxy groups -OCH3 is 1. The van der Waals surface area contributed by atoms with Gasteiger partial charge in [0.1, 0.15) is 18.8 Å². The molecule has 3 rings (SSSR count). The first-order chi connectivity index (χ1) is 14.2. The Labute approximate surface area is 179 Å². The Morgan fingerprint density at radius 1 is 1.07 bits per heavy atom. The van der Waals surface area contributed by atoms with Gasteiger partial charge < -0.3 is 4.74 Å². The van der Waals surface area contributed by atoms with Crippen molar-refractivity contribution in [3.63, 3.8) is 0 Å². The molecular formula is C22H30N3O4S+. The molecule has 0 aliphatic carbocycles. The molecule has 162 valence electrons. The van der Waals surface area contributed by atoms with Gasteiger partial charge in [-0.05, 0) is 38.6 Å². The minimum absolute atomic E-state index is 0.102. The number of hydrogen-bond acceptors (Lipinski definition) is 5. The predicted molar refractivity (Wildman–Crippen MR) is 118 cm³/mol. The molecule has 1 saturated heterocycles. The highest BCUT2D eigenvalue weighted by atomic mass is 32.2. The maximum Gasteiger partial charge on any atom is 0.375 e. The molecule has 1 aliphatic heterocycles. The van der Waals surface area contributed by atoms with Crippen LogP contribution in [-0.4, -0.2) is 58.6 Å². The molecule has 1 fully saturated rings. The van der Waals surface area contributed by atoms with Crippen LogP contribution in [0.4, 0.5) is 5.69 Å². The zero-order valence-electron chi connectivity index (χ0n) is 17.9. The fourth-order valence-electron chi connectivity index (χ4n) is 4.04. The summed E-state index contributed by atoms with van der Waals surface area (Å²) in [6.45, 7) is 5.19. The van der Waals surface area contributed by atoms with Crippen molar-refractivity contribution in [3.05, 3.63) is 65.7 Å². The molecule has 1 heterocycles. The summed E-state index contributed by atoms with van der Waals surface area (Å²) in [6.07, 6.45) is 0. The Kier molecular flexibility index (Phi) is 6.62. The maximum atomic E-state index is 13.7. The normalized spacial score (nSPS) is 25.1. The van der Waals surface area contributed by atoms with Crippen molar-refractivity contribution in [3.8, 4) is 0 Å². The second kappa shape index (κ2) is 8.85. The molecule has 1 aliphatic rings. The summed E-state index contributed by atoms with van der Waals surface area (Å²) in [5.74, 6) is -0.420. The van der Waals surface area contributed by atoms with Gasteiger partial charge in [0, 0.05) is 18.7 Å². The number of nitrogens with zero attached hydrogens (tertiary/aromatic N) is 2. The van der Waals surface area contributed by atoms with E-state index in [-0.39, 0.29) is 22.5 Å². The zero-order valence-corrected chi connectivity index (χ0v) is 18.7. The van der Waals surface area contributed by atoms with Crippen LogP contribution in [0.5, 0.6) is 0 Å². The highest BCUT2D eigenvalue weighted by Crippen LogP contribution is 2.33. The van der Waals surface area contributed by atoms with Gasteiger partial charge in [-0.2, -0.15) is 17.0 Å². The van der Waals surface area contributed by atoms with Gasteiger partial charge in [-0.25, -0.2) is 4.79 Å². The number of carbonyl (C=O) groups excluding carboxylic acids is 1. The molecule has 0 bridgehead atoms. The lowest BCUT2D eigenvalue weighted by Crippen LogP contribution is -2.70. The van der Waals surface area contributed by atoms with Gasteiger partial charge in [0.05, 0.1) is 24.8 Å². The summed E-state index contributed by atoms with van der Waals surface area (Å²) in [5, 5.41) is 0. The van der Waals surface area contributed by atoms with Crippen molar-refractivity contribution in [2.45, 2.75) is 32.5 Å². The number of likely N-dealkylation sites (N-methyl/N-ethyl adjacent to an activating group) is 1. The Bertz CT molecular complexity index is 965. The van der Waals surface area contributed by atoms with E-state index in [4.69, 9.17) is 4.74 Å². The first kappa shape index (κ1) is 22.4. The predicted octanol–water partition coefficient (Wildman–Crippen LogP) is 2.54. The SMILES string of the molecule is COC(=O)c1ccc(CNS(=O)(=O)[N+]2(c3ccccc3)C[C@@H](C)N(C)[C@@H](C)C2)cc1. The summed E-state index contributed by atoms with van der Waals surface area (Å²) in [6, 6.07) is 16.4. The molecule has 7 nitrogen and oxygen atoms in total. The first-order valence-electron chi connectivity index (χ1n) is 10.0. The quantitative estimate of drug-likeness (QED) is 0.561. The van der Waals surface area contributed by atoms with Crippen LogP contribution in [0.3, 0.4) is 0 Å². The van der Waals surface area contributed by atoms with Crippen molar-refractivity contribution in [2.75, 3.05) is 27.2 Å². The minimum Gasteiger partial charge on any atom is -0.465 e. The minimum atomic E-state index is -3.75. The number of ether oxygens (including phenoxy) is 1. The molecule has 3 atom stereocenters. The fraction of sp³-hybridized carbons (Fsp3) is 0.409. The van der Waals surface area contributed by atoms with Crippen molar-refractivity contribution in [2.24, 2.45) is 0 Å². The van der Waals surface area contributed by atoms with Crippen LogP contribution in [0, 0.1) is 0 Å². The van der Waals surface area contributed by atoms with Gasteiger partial charge in [-0.3, -0.25) is 4.90 Å². The van der Waals surface area contributed by atoms with Gasteiger partial charge in [-0.1, -0.05) is 30.3 Å². The van der Waals surface area contributed by atoms with Crippen LogP contribution in [0.1, 0.15) is 29.8 Å². The smallest absolute Gasteiger partial charge is 0.375 e. The topological polar surface area (TPSA) is 75.7 Å². The van der Waals surface area contributed by atoms with E-state index in [2.05, 4.69) is 23.5 Å². The van der Waals surface area contributed by atoms with E-state index in [0.717, 1.165) is 11.3 Å². The Morgan fingerprint density at radius 2 is 1.63 bits per heavy atom. The molecule has 1 unspecified atom stereocenters.